The SMILES string of the molecule is CCCC(NC(=O)COC(=O)c1ccc(O)cc1O)c1ccccc1. The summed E-state index contributed by atoms with van der Waals surface area (Å²) in [5, 5.41) is 21.7. The van der Waals surface area contributed by atoms with Crippen LogP contribution in [-0.4, -0.2) is 28.7 Å². The molecule has 1 atom stereocenters. The van der Waals surface area contributed by atoms with Crippen molar-refractivity contribution in [3.8, 4) is 11.5 Å². The number of carbonyl (C=O) groups is 2. The van der Waals surface area contributed by atoms with Crippen molar-refractivity contribution in [2.24, 2.45) is 0 Å². The van der Waals surface area contributed by atoms with Crippen molar-refractivity contribution in [2.45, 2.75) is 25.8 Å². The summed E-state index contributed by atoms with van der Waals surface area (Å²) in [7, 11) is 0. The van der Waals surface area contributed by atoms with Crippen LogP contribution in [0.15, 0.2) is 48.5 Å². The molecule has 25 heavy (non-hydrogen) atoms. The Morgan fingerprint density at radius 2 is 1.84 bits per heavy atom. The zero-order valence-electron chi connectivity index (χ0n) is 13.9. The molecule has 0 spiro atoms. The molecule has 0 aliphatic heterocycles. The molecule has 3 N–H and O–H groups in total. The highest BCUT2D eigenvalue weighted by Gasteiger charge is 2.17. The van der Waals surface area contributed by atoms with E-state index in [9.17, 15) is 19.8 Å². The zero-order chi connectivity index (χ0) is 18.2. The second-order valence-corrected chi connectivity index (χ2v) is 5.60. The number of amides is 1. The number of esters is 1. The molecular formula is C19H21NO5. The van der Waals surface area contributed by atoms with Crippen LogP contribution in [0.3, 0.4) is 0 Å². The molecule has 2 aromatic rings. The van der Waals surface area contributed by atoms with Gasteiger partial charge in [0.2, 0.25) is 0 Å². The van der Waals surface area contributed by atoms with E-state index in [0.717, 1.165) is 24.5 Å². The van der Waals surface area contributed by atoms with Crippen molar-refractivity contribution < 1.29 is 24.5 Å². The number of benzene rings is 2. The van der Waals surface area contributed by atoms with Gasteiger partial charge in [-0.05, 0) is 24.1 Å². The lowest BCUT2D eigenvalue weighted by atomic mass is 10.0. The molecule has 0 fully saturated rings. The molecule has 0 radical (unpaired) electrons. The van der Waals surface area contributed by atoms with E-state index in [1.54, 1.807) is 0 Å². The summed E-state index contributed by atoms with van der Waals surface area (Å²) >= 11 is 0. The van der Waals surface area contributed by atoms with Gasteiger partial charge < -0.3 is 20.3 Å². The van der Waals surface area contributed by atoms with E-state index < -0.39 is 24.2 Å². The molecular weight excluding hydrogens is 322 g/mol. The van der Waals surface area contributed by atoms with Gasteiger partial charge in [0, 0.05) is 6.07 Å². The number of phenolic OH excluding ortho intramolecular Hbond substituents is 2. The van der Waals surface area contributed by atoms with Gasteiger partial charge >= 0.3 is 5.97 Å². The van der Waals surface area contributed by atoms with Crippen LogP contribution in [0, 0.1) is 0 Å². The summed E-state index contributed by atoms with van der Waals surface area (Å²) in [6.45, 7) is 1.57. The van der Waals surface area contributed by atoms with E-state index >= 15 is 0 Å². The average molecular weight is 343 g/mol. The van der Waals surface area contributed by atoms with Crippen LogP contribution in [-0.2, 0) is 9.53 Å². The van der Waals surface area contributed by atoms with Crippen LogP contribution in [0.25, 0.3) is 0 Å². The molecule has 0 bridgehead atoms. The zero-order valence-corrected chi connectivity index (χ0v) is 13.9. The molecule has 0 aliphatic carbocycles. The monoisotopic (exact) mass is 343 g/mol. The summed E-state index contributed by atoms with van der Waals surface area (Å²) in [6, 6.07) is 12.9. The smallest absolute Gasteiger partial charge is 0.342 e. The number of ether oxygens (including phenoxy) is 1. The first-order valence-corrected chi connectivity index (χ1v) is 8.04. The van der Waals surface area contributed by atoms with E-state index in [0.29, 0.717) is 0 Å². The number of aromatic hydroxyl groups is 2. The van der Waals surface area contributed by atoms with Gasteiger partial charge in [0.15, 0.2) is 6.61 Å². The number of phenols is 2. The Kier molecular flexibility index (Phi) is 6.39. The summed E-state index contributed by atoms with van der Waals surface area (Å²) in [4.78, 5) is 24.0. The standard InChI is InChI=1S/C19H21NO5/c1-2-6-16(13-7-4-3-5-8-13)20-18(23)12-25-19(24)15-10-9-14(21)11-17(15)22/h3-5,7-11,16,21-22H,2,6,12H2,1H3,(H,20,23). The third-order valence-corrected chi connectivity index (χ3v) is 3.65. The normalized spacial score (nSPS) is 11.6. The third-order valence-electron chi connectivity index (χ3n) is 3.65. The lowest BCUT2D eigenvalue weighted by molar-refractivity contribution is -0.125. The number of rotatable bonds is 7. The highest BCUT2D eigenvalue weighted by molar-refractivity contribution is 5.94. The Morgan fingerprint density at radius 1 is 1.12 bits per heavy atom. The highest BCUT2D eigenvalue weighted by atomic mass is 16.5. The van der Waals surface area contributed by atoms with Gasteiger partial charge in [0.25, 0.3) is 5.91 Å². The van der Waals surface area contributed by atoms with Crippen LogP contribution in [0.1, 0.15) is 41.7 Å². The maximum absolute atomic E-state index is 12.1. The molecule has 6 heteroatoms. The van der Waals surface area contributed by atoms with Crippen molar-refractivity contribution >= 4 is 11.9 Å². The lowest BCUT2D eigenvalue weighted by Gasteiger charge is -2.18. The number of carbonyl (C=O) groups excluding carboxylic acids is 2. The van der Waals surface area contributed by atoms with E-state index in [-0.39, 0.29) is 17.4 Å². The molecule has 0 saturated carbocycles. The molecule has 6 nitrogen and oxygen atoms in total. The topological polar surface area (TPSA) is 95.9 Å². The van der Waals surface area contributed by atoms with E-state index in [1.165, 1.54) is 12.1 Å². The van der Waals surface area contributed by atoms with Crippen molar-refractivity contribution in [1.82, 2.24) is 5.32 Å². The Labute approximate surface area is 146 Å². The van der Waals surface area contributed by atoms with Gasteiger partial charge in [0.05, 0.1) is 6.04 Å². The Morgan fingerprint density at radius 3 is 2.48 bits per heavy atom. The van der Waals surface area contributed by atoms with E-state index in [4.69, 9.17) is 4.74 Å². The predicted molar refractivity (Wildman–Crippen MR) is 92.3 cm³/mol. The van der Waals surface area contributed by atoms with Gasteiger partial charge in [-0.15, -0.1) is 0 Å². The second kappa shape index (κ2) is 8.73. The number of hydrogen-bond acceptors (Lipinski definition) is 5. The van der Waals surface area contributed by atoms with Gasteiger partial charge in [-0.1, -0.05) is 43.7 Å². The van der Waals surface area contributed by atoms with Crippen molar-refractivity contribution in [2.75, 3.05) is 6.61 Å². The van der Waals surface area contributed by atoms with Gasteiger partial charge in [-0.25, -0.2) is 4.79 Å². The summed E-state index contributed by atoms with van der Waals surface area (Å²) in [5.74, 6) is -1.83. The van der Waals surface area contributed by atoms with Crippen LogP contribution in [0.5, 0.6) is 11.5 Å². The van der Waals surface area contributed by atoms with Gasteiger partial charge in [-0.2, -0.15) is 0 Å². The summed E-state index contributed by atoms with van der Waals surface area (Å²) in [6.07, 6.45) is 1.66. The first-order valence-electron chi connectivity index (χ1n) is 8.04. The van der Waals surface area contributed by atoms with Crippen molar-refractivity contribution in [3.05, 3.63) is 59.7 Å². The molecule has 2 aromatic carbocycles. The maximum Gasteiger partial charge on any atom is 0.342 e. The molecule has 2 rings (SSSR count). The Balaban J connectivity index is 1.93. The van der Waals surface area contributed by atoms with Crippen LogP contribution < -0.4 is 5.32 Å². The molecule has 0 aromatic heterocycles. The molecule has 1 amide bonds. The molecule has 1 unspecified atom stereocenters. The quantitative estimate of drug-likeness (QED) is 0.672. The first kappa shape index (κ1) is 18.3. The minimum Gasteiger partial charge on any atom is -0.508 e. The first-order chi connectivity index (χ1) is 12.0. The van der Waals surface area contributed by atoms with Crippen LogP contribution in [0.2, 0.25) is 0 Å². The Hall–Kier alpha value is -3.02. The molecule has 0 heterocycles. The highest BCUT2D eigenvalue weighted by Crippen LogP contribution is 2.23. The fraction of sp³-hybridized carbons (Fsp3) is 0.263. The number of nitrogens with one attached hydrogen (secondary N) is 1. The molecule has 132 valence electrons. The second-order valence-electron chi connectivity index (χ2n) is 5.60. The number of hydrogen-bond donors (Lipinski definition) is 3. The van der Waals surface area contributed by atoms with Gasteiger partial charge in [-0.3, -0.25) is 4.79 Å². The van der Waals surface area contributed by atoms with Crippen molar-refractivity contribution in [3.63, 3.8) is 0 Å². The summed E-state index contributed by atoms with van der Waals surface area (Å²) in [5.41, 5.74) is 0.874. The van der Waals surface area contributed by atoms with Crippen LogP contribution in [0.4, 0.5) is 0 Å². The maximum atomic E-state index is 12.1. The minimum absolute atomic E-state index is 0.112. The lowest BCUT2D eigenvalue weighted by Crippen LogP contribution is -2.32. The van der Waals surface area contributed by atoms with E-state index in [2.05, 4.69) is 5.32 Å². The van der Waals surface area contributed by atoms with Gasteiger partial charge in [0.1, 0.15) is 17.1 Å². The minimum atomic E-state index is -0.834. The predicted octanol–water partition coefficient (Wildman–Crippen LogP) is 2.91. The third kappa shape index (κ3) is 5.24. The van der Waals surface area contributed by atoms with Crippen molar-refractivity contribution in [1.29, 1.82) is 0 Å². The average Bonchev–Trinajstić information content (AvgIpc) is 2.60. The molecule has 0 saturated heterocycles. The largest absolute Gasteiger partial charge is 0.508 e. The summed E-state index contributed by atoms with van der Waals surface area (Å²) < 4.78 is 4.93. The molecule has 0 aliphatic rings. The van der Waals surface area contributed by atoms with Crippen LogP contribution >= 0.6 is 0 Å². The van der Waals surface area contributed by atoms with E-state index in [1.807, 2.05) is 37.3 Å². The fourth-order valence-corrected chi connectivity index (χ4v) is 2.43. The fourth-order valence-electron chi connectivity index (χ4n) is 2.43. The Bertz CT molecular complexity index is 730.